The standard InChI is InChI=1S/C13H10N10/c1-3-16-12(22-8-14-6-18-22)20-10(1)5-11-2-4-17-13(21-11)23-9-15-7-19-23/h1-4,6-9H,5H2. The van der Waals surface area contributed by atoms with E-state index < -0.39 is 0 Å². The van der Waals surface area contributed by atoms with Crippen LogP contribution in [0.25, 0.3) is 11.9 Å². The molecule has 0 unspecified atom stereocenters. The second-order valence-corrected chi connectivity index (χ2v) is 4.55. The summed E-state index contributed by atoms with van der Waals surface area (Å²) in [6.07, 6.45) is 9.86. The summed E-state index contributed by atoms with van der Waals surface area (Å²) in [5, 5.41) is 8.04. The summed E-state index contributed by atoms with van der Waals surface area (Å²) in [5.74, 6) is 0.927. The highest BCUT2D eigenvalue weighted by atomic mass is 15.4. The van der Waals surface area contributed by atoms with Crippen molar-refractivity contribution in [3.8, 4) is 11.9 Å². The summed E-state index contributed by atoms with van der Waals surface area (Å²) in [6, 6.07) is 3.66. The first kappa shape index (κ1) is 13.1. The fourth-order valence-corrected chi connectivity index (χ4v) is 2.00. The van der Waals surface area contributed by atoms with Crippen molar-refractivity contribution in [2.45, 2.75) is 6.42 Å². The van der Waals surface area contributed by atoms with Gasteiger partial charge in [-0.15, -0.1) is 0 Å². The minimum atomic E-state index is 0.463. The highest BCUT2D eigenvalue weighted by Gasteiger charge is 2.06. The first-order valence-corrected chi connectivity index (χ1v) is 6.72. The molecule has 4 aromatic heterocycles. The summed E-state index contributed by atoms with van der Waals surface area (Å²) in [5.41, 5.74) is 1.63. The Morgan fingerprint density at radius 3 is 1.70 bits per heavy atom. The van der Waals surface area contributed by atoms with Crippen molar-refractivity contribution in [1.29, 1.82) is 0 Å². The lowest BCUT2D eigenvalue weighted by molar-refractivity contribution is 0.780. The molecule has 0 fully saturated rings. The molecule has 4 heterocycles. The van der Waals surface area contributed by atoms with E-state index in [1.54, 1.807) is 25.0 Å². The van der Waals surface area contributed by atoms with Crippen molar-refractivity contribution in [3.05, 3.63) is 61.2 Å². The molecular formula is C13H10N10. The van der Waals surface area contributed by atoms with Crippen molar-refractivity contribution in [2.75, 3.05) is 0 Å². The first-order chi connectivity index (χ1) is 11.4. The maximum atomic E-state index is 4.46. The molecule has 0 aliphatic heterocycles. The fraction of sp³-hybridized carbons (Fsp3) is 0.0769. The van der Waals surface area contributed by atoms with E-state index in [0.29, 0.717) is 18.3 Å². The molecular weight excluding hydrogens is 296 g/mol. The van der Waals surface area contributed by atoms with Crippen molar-refractivity contribution in [2.24, 2.45) is 0 Å². The van der Waals surface area contributed by atoms with E-state index in [1.165, 1.54) is 22.0 Å². The predicted octanol–water partition coefficient (Wildman–Crippen LogP) is 0.0188. The molecule has 4 aromatic rings. The lowest BCUT2D eigenvalue weighted by Gasteiger charge is -2.04. The molecule has 0 saturated carbocycles. The maximum absolute atomic E-state index is 4.46. The van der Waals surface area contributed by atoms with Gasteiger partial charge in [-0.2, -0.15) is 19.6 Å². The molecule has 0 radical (unpaired) electrons. The van der Waals surface area contributed by atoms with Crippen molar-refractivity contribution < 1.29 is 0 Å². The third kappa shape index (κ3) is 2.77. The Morgan fingerprint density at radius 2 is 1.26 bits per heavy atom. The molecule has 10 nitrogen and oxygen atoms in total. The molecule has 0 aromatic carbocycles. The van der Waals surface area contributed by atoms with Crippen LogP contribution in [0.2, 0.25) is 0 Å². The van der Waals surface area contributed by atoms with Gasteiger partial charge in [-0.3, -0.25) is 0 Å². The van der Waals surface area contributed by atoms with E-state index in [0.717, 1.165) is 11.4 Å². The Bertz CT molecular complexity index is 824. The van der Waals surface area contributed by atoms with Crippen molar-refractivity contribution >= 4 is 0 Å². The number of hydrogen-bond acceptors (Lipinski definition) is 8. The van der Waals surface area contributed by atoms with Gasteiger partial charge in [-0.25, -0.2) is 29.9 Å². The van der Waals surface area contributed by atoms with Gasteiger partial charge in [0.15, 0.2) is 0 Å². The van der Waals surface area contributed by atoms with Crippen LogP contribution < -0.4 is 0 Å². The van der Waals surface area contributed by atoms with Crippen LogP contribution in [-0.2, 0) is 6.42 Å². The molecule has 0 bridgehead atoms. The molecule has 0 spiro atoms. The average Bonchev–Trinajstić information content (AvgIpc) is 3.29. The molecule has 0 saturated heterocycles. The Morgan fingerprint density at radius 1 is 0.739 bits per heavy atom. The Kier molecular flexibility index (Phi) is 3.24. The van der Waals surface area contributed by atoms with Crippen LogP contribution in [0.3, 0.4) is 0 Å². The minimum absolute atomic E-state index is 0.463. The van der Waals surface area contributed by atoms with Gasteiger partial charge in [0, 0.05) is 18.8 Å². The van der Waals surface area contributed by atoms with Crippen LogP contribution in [0.5, 0.6) is 0 Å². The fourth-order valence-electron chi connectivity index (χ4n) is 2.00. The Labute approximate surface area is 129 Å². The molecule has 4 rings (SSSR count). The van der Waals surface area contributed by atoms with Crippen LogP contribution in [0.15, 0.2) is 49.8 Å². The third-order valence-corrected chi connectivity index (χ3v) is 3.01. The van der Waals surface area contributed by atoms with Crippen LogP contribution in [0, 0.1) is 0 Å². The highest BCUT2D eigenvalue weighted by molar-refractivity contribution is 5.20. The van der Waals surface area contributed by atoms with Gasteiger partial charge in [-0.1, -0.05) is 0 Å². The zero-order valence-corrected chi connectivity index (χ0v) is 11.8. The van der Waals surface area contributed by atoms with Gasteiger partial charge >= 0.3 is 0 Å². The van der Waals surface area contributed by atoms with E-state index in [2.05, 4.69) is 40.1 Å². The molecule has 0 aliphatic carbocycles. The van der Waals surface area contributed by atoms with Gasteiger partial charge in [0.05, 0.1) is 11.4 Å². The van der Waals surface area contributed by atoms with Crippen molar-refractivity contribution in [1.82, 2.24) is 49.5 Å². The van der Waals surface area contributed by atoms with Gasteiger partial charge in [-0.05, 0) is 12.1 Å². The predicted molar refractivity (Wildman–Crippen MR) is 76.7 cm³/mol. The topological polar surface area (TPSA) is 113 Å². The van der Waals surface area contributed by atoms with E-state index in [9.17, 15) is 0 Å². The lowest BCUT2D eigenvalue weighted by Crippen LogP contribution is -2.07. The van der Waals surface area contributed by atoms with Crippen LogP contribution in [0.4, 0.5) is 0 Å². The van der Waals surface area contributed by atoms with E-state index >= 15 is 0 Å². The summed E-state index contributed by atoms with van der Waals surface area (Å²) in [6.45, 7) is 0. The summed E-state index contributed by atoms with van der Waals surface area (Å²) in [4.78, 5) is 25.0. The third-order valence-electron chi connectivity index (χ3n) is 3.01. The van der Waals surface area contributed by atoms with E-state index in [1.807, 2.05) is 12.1 Å². The quantitative estimate of drug-likeness (QED) is 0.518. The van der Waals surface area contributed by atoms with Gasteiger partial charge in [0.25, 0.3) is 11.9 Å². The second-order valence-electron chi connectivity index (χ2n) is 4.55. The highest BCUT2D eigenvalue weighted by Crippen LogP contribution is 2.07. The zero-order chi connectivity index (χ0) is 15.5. The Balaban J connectivity index is 1.61. The number of aromatic nitrogens is 10. The van der Waals surface area contributed by atoms with Gasteiger partial charge in [0.2, 0.25) is 0 Å². The molecule has 10 heteroatoms. The van der Waals surface area contributed by atoms with E-state index in [-0.39, 0.29) is 0 Å². The lowest BCUT2D eigenvalue weighted by atomic mass is 10.2. The van der Waals surface area contributed by atoms with Gasteiger partial charge < -0.3 is 0 Å². The molecule has 0 amide bonds. The summed E-state index contributed by atoms with van der Waals surface area (Å²) in [7, 11) is 0. The van der Waals surface area contributed by atoms with Crippen LogP contribution in [-0.4, -0.2) is 49.5 Å². The normalized spacial score (nSPS) is 10.8. The Hall–Kier alpha value is -3.56. The number of rotatable bonds is 4. The number of nitrogens with zero attached hydrogens (tertiary/aromatic N) is 10. The molecule has 0 atom stereocenters. The minimum Gasteiger partial charge on any atom is -0.223 e. The molecule has 0 aliphatic rings. The largest absolute Gasteiger partial charge is 0.252 e. The zero-order valence-electron chi connectivity index (χ0n) is 11.8. The SMILES string of the molecule is c1cc(Cc2ccnc(-n3cncn3)n2)nc(-n2cncn2)n1. The first-order valence-electron chi connectivity index (χ1n) is 6.72. The average molecular weight is 306 g/mol. The molecule has 23 heavy (non-hydrogen) atoms. The van der Waals surface area contributed by atoms with Crippen LogP contribution >= 0.6 is 0 Å². The monoisotopic (exact) mass is 306 g/mol. The molecule has 112 valence electrons. The van der Waals surface area contributed by atoms with Crippen LogP contribution in [0.1, 0.15) is 11.4 Å². The maximum Gasteiger partial charge on any atom is 0.252 e. The second kappa shape index (κ2) is 5.67. The number of hydrogen-bond donors (Lipinski definition) is 0. The molecule has 0 N–H and O–H groups in total. The van der Waals surface area contributed by atoms with E-state index in [4.69, 9.17) is 0 Å². The summed E-state index contributed by atoms with van der Waals surface area (Å²) >= 11 is 0. The van der Waals surface area contributed by atoms with Gasteiger partial charge in [0.1, 0.15) is 25.3 Å². The smallest absolute Gasteiger partial charge is 0.223 e. The van der Waals surface area contributed by atoms with Crippen molar-refractivity contribution in [3.63, 3.8) is 0 Å². The summed E-state index contributed by atoms with van der Waals surface area (Å²) < 4.78 is 3.01.